The Balaban J connectivity index is 1.93. The minimum atomic E-state index is 0.229. The van der Waals surface area contributed by atoms with Gasteiger partial charge in [0.1, 0.15) is 11.6 Å². The van der Waals surface area contributed by atoms with Gasteiger partial charge in [-0.1, -0.05) is 0 Å². The molecule has 0 N–H and O–H groups in total. The summed E-state index contributed by atoms with van der Waals surface area (Å²) in [5.74, 6) is 4.65. The molecule has 6 aliphatic rings. The number of Topliss-reactive ketones (excluding diaryl/α,β-unsaturated/α-hetero) is 2. The molecular weight excluding hydrogens is 152 g/mol. The molecule has 12 heavy (non-hydrogen) atoms. The van der Waals surface area contributed by atoms with Crippen LogP contribution in [0.2, 0.25) is 0 Å². The summed E-state index contributed by atoms with van der Waals surface area (Å²) >= 11 is 0. The van der Waals surface area contributed by atoms with Crippen molar-refractivity contribution in [3.05, 3.63) is 0 Å². The number of ketones is 2. The van der Waals surface area contributed by atoms with E-state index < -0.39 is 0 Å². The first-order valence-corrected chi connectivity index (χ1v) is 4.90. The molecule has 6 aliphatic carbocycles. The van der Waals surface area contributed by atoms with Crippen LogP contribution in [0.4, 0.5) is 0 Å². The van der Waals surface area contributed by atoms with Crippen LogP contribution in [0.5, 0.6) is 0 Å². The molecule has 6 fully saturated rings. The zero-order chi connectivity index (χ0) is 7.77. The summed E-state index contributed by atoms with van der Waals surface area (Å²) in [4.78, 5) is 23.4. The SMILES string of the molecule is O=C1[C@@H]2[C@@H]3[C@@H]4C(=O)[C@H]5[C@@H]([C@@H]14)[C@H]2[C@H]53. The molecule has 6 rings (SSSR count). The Morgan fingerprint density at radius 3 is 1.33 bits per heavy atom. The molecule has 0 heterocycles. The van der Waals surface area contributed by atoms with Gasteiger partial charge in [0.25, 0.3) is 0 Å². The van der Waals surface area contributed by atoms with Crippen LogP contribution in [-0.4, -0.2) is 11.6 Å². The molecule has 60 valence electrons. The molecule has 0 amide bonds. The van der Waals surface area contributed by atoms with E-state index in [1.54, 1.807) is 0 Å². The Labute approximate surface area is 69.3 Å². The van der Waals surface area contributed by atoms with Crippen molar-refractivity contribution >= 4 is 11.6 Å². The summed E-state index contributed by atoms with van der Waals surface area (Å²) in [5, 5.41) is 0. The zero-order valence-electron chi connectivity index (χ0n) is 6.44. The minimum absolute atomic E-state index is 0.229. The lowest BCUT2D eigenvalue weighted by molar-refractivity contribution is -0.172. The van der Waals surface area contributed by atoms with Gasteiger partial charge < -0.3 is 0 Å². The lowest BCUT2D eigenvalue weighted by atomic mass is 9.41. The summed E-state index contributed by atoms with van der Waals surface area (Å²) in [6.45, 7) is 0. The fourth-order valence-electron chi connectivity index (χ4n) is 5.51. The summed E-state index contributed by atoms with van der Waals surface area (Å²) in [5.41, 5.74) is 0. The first-order valence-electron chi connectivity index (χ1n) is 4.90. The number of hydrogen-bond donors (Lipinski definition) is 0. The van der Waals surface area contributed by atoms with E-state index in [0.717, 1.165) is 0 Å². The van der Waals surface area contributed by atoms with Gasteiger partial charge in [-0.25, -0.2) is 0 Å². The van der Waals surface area contributed by atoms with E-state index in [4.69, 9.17) is 0 Å². The molecule has 0 aromatic heterocycles. The fourth-order valence-corrected chi connectivity index (χ4v) is 5.51. The van der Waals surface area contributed by atoms with Gasteiger partial charge in [0.15, 0.2) is 0 Å². The number of rotatable bonds is 0. The Kier molecular flexibility index (Phi) is 0.450. The van der Waals surface area contributed by atoms with Gasteiger partial charge in [-0.05, 0) is 23.7 Å². The van der Waals surface area contributed by atoms with Gasteiger partial charge >= 0.3 is 0 Å². The molecule has 0 saturated heterocycles. The summed E-state index contributed by atoms with van der Waals surface area (Å²) < 4.78 is 0. The van der Waals surface area contributed by atoms with Crippen LogP contribution in [0, 0.1) is 47.3 Å². The highest BCUT2D eigenvalue weighted by Crippen LogP contribution is 2.85. The van der Waals surface area contributed by atoms with E-state index in [2.05, 4.69) is 0 Å². The van der Waals surface area contributed by atoms with E-state index >= 15 is 0 Å². The van der Waals surface area contributed by atoms with Crippen LogP contribution in [0.15, 0.2) is 0 Å². The van der Waals surface area contributed by atoms with Crippen LogP contribution < -0.4 is 0 Å². The van der Waals surface area contributed by atoms with Gasteiger partial charge in [0, 0.05) is 23.7 Å². The predicted octanol–water partition coefficient (Wildman–Crippen LogP) is 0.122. The highest BCUT2D eigenvalue weighted by atomic mass is 16.1. The van der Waals surface area contributed by atoms with Crippen LogP contribution in [0.25, 0.3) is 0 Å². The average Bonchev–Trinajstić information content (AvgIpc) is 2.45. The Bertz CT molecular complexity index is 336. The summed E-state index contributed by atoms with van der Waals surface area (Å²) in [6, 6.07) is 0. The first kappa shape index (κ1) is 5.15. The predicted molar refractivity (Wildman–Crippen MR) is 37.9 cm³/mol. The maximum Gasteiger partial charge on any atom is 0.140 e. The number of hydrogen-bond acceptors (Lipinski definition) is 2. The second-order valence-electron chi connectivity index (χ2n) is 5.22. The molecule has 0 aromatic rings. The maximum atomic E-state index is 11.7. The summed E-state index contributed by atoms with van der Waals surface area (Å²) in [6.07, 6.45) is 0. The second kappa shape index (κ2) is 1.05. The van der Waals surface area contributed by atoms with Crippen LogP contribution in [0.1, 0.15) is 0 Å². The average molecular weight is 160 g/mol. The number of carbonyl (C=O) groups excluding carboxylic acids is 2. The monoisotopic (exact) mass is 160 g/mol. The Morgan fingerprint density at radius 1 is 0.583 bits per heavy atom. The van der Waals surface area contributed by atoms with Crippen molar-refractivity contribution in [1.29, 1.82) is 0 Å². The van der Waals surface area contributed by atoms with E-state index in [-0.39, 0.29) is 11.8 Å². The lowest BCUT2D eigenvalue weighted by Crippen LogP contribution is -2.61. The van der Waals surface area contributed by atoms with Gasteiger partial charge in [-0.15, -0.1) is 0 Å². The quantitative estimate of drug-likeness (QED) is 0.504. The van der Waals surface area contributed by atoms with Crippen LogP contribution in [0.3, 0.4) is 0 Å². The Hall–Kier alpha value is -0.660. The topological polar surface area (TPSA) is 34.1 Å². The molecule has 0 radical (unpaired) electrons. The second-order valence-corrected chi connectivity index (χ2v) is 5.22. The molecule has 2 heteroatoms. The molecule has 0 spiro atoms. The summed E-state index contributed by atoms with van der Waals surface area (Å²) in [7, 11) is 0. The number of carbonyl (C=O) groups is 2. The molecule has 0 unspecified atom stereocenters. The van der Waals surface area contributed by atoms with Crippen LogP contribution in [-0.2, 0) is 9.59 Å². The van der Waals surface area contributed by atoms with Crippen molar-refractivity contribution in [3.8, 4) is 0 Å². The third-order valence-electron chi connectivity index (χ3n) is 5.52. The van der Waals surface area contributed by atoms with E-state index in [1.807, 2.05) is 0 Å². The Morgan fingerprint density at radius 2 is 1.00 bits per heavy atom. The van der Waals surface area contributed by atoms with E-state index in [0.29, 0.717) is 47.1 Å². The molecule has 0 aromatic carbocycles. The van der Waals surface area contributed by atoms with Gasteiger partial charge in [0.2, 0.25) is 0 Å². The van der Waals surface area contributed by atoms with Crippen molar-refractivity contribution in [2.24, 2.45) is 47.3 Å². The smallest absolute Gasteiger partial charge is 0.140 e. The molecule has 4 bridgehead atoms. The molecule has 8 atom stereocenters. The largest absolute Gasteiger partial charge is 0.299 e. The van der Waals surface area contributed by atoms with E-state index in [9.17, 15) is 9.59 Å². The first-order chi connectivity index (χ1) is 5.82. The molecule has 0 aliphatic heterocycles. The lowest BCUT2D eigenvalue weighted by Gasteiger charge is -2.61. The molecular formula is C10H8O2. The van der Waals surface area contributed by atoms with Crippen molar-refractivity contribution in [3.63, 3.8) is 0 Å². The normalized spacial score (nSPS) is 78.3. The maximum absolute atomic E-state index is 11.7. The minimum Gasteiger partial charge on any atom is -0.299 e. The molecule has 2 nitrogen and oxygen atoms in total. The van der Waals surface area contributed by atoms with Crippen molar-refractivity contribution in [2.75, 3.05) is 0 Å². The third kappa shape index (κ3) is 0.212. The standard InChI is InChI=1S/C10H8O2/c11-9-5-1-2-4(5)8-7(9)3(1)6(2)10(8)12/h1-8H/t1-,2+,3+,4-,5+,6-,7-,8+. The van der Waals surface area contributed by atoms with Crippen molar-refractivity contribution < 1.29 is 9.59 Å². The zero-order valence-corrected chi connectivity index (χ0v) is 6.44. The van der Waals surface area contributed by atoms with Gasteiger partial charge in [-0.3, -0.25) is 9.59 Å². The van der Waals surface area contributed by atoms with Crippen LogP contribution >= 0.6 is 0 Å². The van der Waals surface area contributed by atoms with Gasteiger partial charge in [0.05, 0.1) is 0 Å². The van der Waals surface area contributed by atoms with E-state index in [1.165, 1.54) is 0 Å². The fraction of sp³-hybridized carbons (Fsp3) is 0.800. The highest BCUT2D eigenvalue weighted by molar-refractivity contribution is 6.07. The van der Waals surface area contributed by atoms with Crippen molar-refractivity contribution in [2.45, 2.75) is 0 Å². The highest BCUT2D eigenvalue weighted by Gasteiger charge is 2.90. The molecule has 6 saturated carbocycles. The third-order valence-corrected chi connectivity index (χ3v) is 5.52. The van der Waals surface area contributed by atoms with Crippen molar-refractivity contribution in [1.82, 2.24) is 0 Å². The van der Waals surface area contributed by atoms with Gasteiger partial charge in [-0.2, -0.15) is 0 Å².